The third-order valence-corrected chi connectivity index (χ3v) is 12.5. The van der Waals surface area contributed by atoms with Crippen LogP contribution in [0.25, 0.3) is 0 Å². The number of carbonyl (C=O) groups is 1. The minimum atomic E-state index is -1.65. The molecule has 0 heterocycles. The fourth-order valence-corrected chi connectivity index (χ4v) is 9.30. The molecule has 0 aliphatic rings. The fraction of sp³-hybridized carbons (Fsp3) is 0.944. The number of rotatable bonds is 15. The number of unbranched alkanes of at least 4 members (excludes halogenated alkanes) is 10. The van der Waals surface area contributed by atoms with E-state index in [-0.39, 0.29) is 0 Å². The Labute approximate surface area is 135 Å². The first kappa shape index (κ1) is 20.5. The number of hydrogen-bond donors (Lipinski definition) is 0. The first-order valence-electron chi connectivity index (χ1n) is 9.08. The minimum absolute atomic E-state index is 0.620. The summed E-state index contributed by atoms with van der Waals surface area (Å²) in [4.78, 5) is 11.8. The zero-order chi connectivity index (χ0) is 15.1. The SMILES string of the molecule is CCCCCCC[CH2][Sn+]([CH2]CCCCCCC)[C](C)=O. The monoisotopic (exact) mass is 389 g/mol. The molecule has 0 unspecified atom stereocenters. The summed E-state index contributed by atoms with van der Waals surface area (Å²) in [6.45, 7) is 6.41. The van der Waals surface area contributed by atoms with Crippen molar-refractivity contribution in [3.8, 4) is 0 Å². The Morgan fingerprint density at radius 3 is 1.35 bits per heavy atom. The van der Waals surface area contributed by atoms with E-state index in [0.29, 0.717) is 3.80 Å². The second-order valence-corrected chi connectivity index (χ2v) is 14.5. The molecule has 0 saturated carbocycles. The van der Waals surface area contributed by atoms with Gasteiger partial charge in [0.05, 0.1) is 0 Å². The second-order valence-electron chi connectivity index (χ2n) is 6.20. The summed E-state index contributed by atoms with van der Waals surface area (Å²) >= 11 is -1.65. The summed E-state index contributed by atoms with van der Waals surface area (Å²) < 4.78 is 3.28. The standard InChI is InChI=1S/2C8H17.C2H3O.Sn/c2*1-3-5-7-8-6-4-2;1-2-3;/h2*1,3-8H2,2H3;1H3;/q;;;+1. The van der Waals surface area contributed by atoms with Gasteiger partial charge in [-0.25, -0.2) is 0 Å². The molecule has 0 aliphatic carbocycles. The van der Waals surface area contributed by atoms with Gasteiger partial charge in [-0.05, 0) is 0 Å². The third kappa shape index (κ3) is 13.5. The third-order valence-electron chi connectivity index (χ3n) is 4.16. The van der Waals surface area contributed by atoms with Crippen molar-refractivity contribution in [3.05, 3.63) is 0 Å². The molecule has 0 fully saturated rings. The molecule has 0 N–H and O–H groups in total. The van der Waals surface area contributed by atoms with Crippen molar-refractivity contribution in [2.24, 2.45) is 0 Å². The molecule has 0 aliphatic heterocycles. The van der Waals surface area contributed by atoms with Crippen LogP contribution in [-0.4, -0.2) is 23.6 Å². The molecule has 0 rings (SSSR count). The van der Waals surface area contributed by atoms with Gasteiger partial charge in [-0.3, -0.25) is 0 Å². The Hall–Kier alpha value is 0.469. The van der Waals surface area contributed by atoms with Crippen molar-refractivity contribution in [1.82, 2.24) is 0 Å². The molecule has 0 amide bonds. The van der Waals surface area contributed by atoms with Gasteiger partial charge in [0, 0.05) is 0 Å². The van der Waals surface area contributed by atoms with Gasteiger partial charge < -0.3 is 0 Å². The van der Waals surface area contributed by atoms with E-state index in [2.05, 4.69) is 13.8 Å². The Kier molecular flexibility index (Phi) is 16.2. The Balaban J connectivity index is 3.53. The van der Waals surface area contributed by atoms with Gasteiger partial charge in [0.25, 0.3) is 0 Å². The molecular formula is C18H37OSn+. The van der Waals surface area contributed by atoms with E-state index in [1.54, 1.807) is 0 Å². The van der Waals surface area contributed by atoms with Crippen LogP contribution in [0.5, 0.6) is 0 Å². The van der Waals surface area contributed by atoms with Crippen LogP contribution in [0.2, 0.25) is 8.87 Å². The first-order chi connectivity index (χ1) is 9.72. The van der Waals surface area contributed by atoms with Crippen LogP contribution < -0.4 is 0 Å². The van der Waals surface area contributed by atoms with Crippen LogP contribution in [0.1, 0.15) is 97.8 Å². The maximum atomic E-state index is 11.8. The Morgan fingerprint density at radius 1 is 0.650 bits per heavy atom. The Morgan fingerprint density at radius 2 is 1.00 bits per heavy atom. The van der Waals surface area contributed by atoms with E-state index in [9.17, 15) is 4.79 Å². The quantitative estimate of drug-likeness (QED) is 0.237. The normalized spacial score (nSPS) is 10.8. The van der Waals surface area contributed by atoms with Crippen LogP contribution in [0.4, 0.5) is 0 Å². The van der Waals surface area contributed by atoms with Gasteiger partial charge in [0.1, 0.15) is 0 Å². The summed E-state index contributed by atoms with van der Waals surface area (Å²) in [5.74, 6) is 0. The van der Waals surface area contributed by atoms with Gasteiger partial charge in [0.2, 0.25) is 0 Å². The molecule has 0 bridgehead atoms. The van der Waals surface area contributed by atoms with Crippen LogP contribution >= 0.6 is 0 Å². The summed E-state index contributed by atoms with van der Waals surface area (Å²) in [6.07, 6.45) is 16.4. The maximum absolute atomic E-state index is 11.8. The van der Waals surface area contributed by atoms with Crippen molar-refractivity contribution in [2.45, 2.75) is 107 Å². The topological polar surface area (TPSA) is 17.1 Å². The van der Waals surface area contributed by atoms with E-state index >= 15 is 0 Å². The van der Waals surface area contributed by atoms with Crippen LogP contribution in [0, 0.1) is 0 Å². The van der Waals surface area contributed by atoms with Crippen molar-refractivity contribution in [3.63, 3.8) is 0 Å². The van der Waals surface area contributed by atoms with Gasteiger partial charge in [-0.2, -0.15) is 0 Å². The molecule has 0 aromatic heterocycles. The predicted octanol–water partition coefficient (Wildman–Crippen LogP) is 6.33. The Bertz CT molecular complexity index is 199. The molecular weight excluding hydrogens is 351 g/mol. The molecule has 0 saturated heterocycles. The molecule has 0 atom stereocenters. The van der Waals surface area contributed by atoms with Crippen LogP contribution in [0.3, 0.4) is 0 Å². The van der Waals surface area contributed by atoms with Gasteiger partial charge in [-0.15, -0.1) is 0 Å². The summed E-state index contributed by atoms with van der Waals surface area (Å²) in [5.41, 5.74) is 0. The van der Waals surface area contributed by atoms with E-state index in [0.717, 1.165) is 0 Å². The average Bonchev–Trinajstić information content (AvgIpc) is 2.43. The first-order valence-corrected chi connectivity index (χ1v) is 14.5. The van der Waals surface area contributed by atoms with Crippen LogP contribution in [-0.2, 0) is 4.79 Å². The van der Waals surface area contributed by atoms with Crippen molar-refractivity contribution >= 4 is 23.6 Å². The zero-order valence-electron chi connectivity index (χ0n) is 14.3. The van der Waals surface area contributed by atoms with E-state index in [4.69, 9.17) is 0 Å². The molecule has 0 aromatic rings. The summed E-state index contributed by atoms with van der Waals surface area (Å²) in [5, 5.41) is 0. The predicted molar refractivity (Wildman–Crippen MR) is 92.8 cm³/mol. The van der Waals surface area contributed by atoms with Gasteiger partial charge in [0.15, 0.2) is 0 Å². The fourth-order valence-electron chi connectivity index (χ4n) is 2.71. The summed E-state index contributed by atoms with van der Waals surface area (Å²) in [7, 11) is 0. The van der Waals surface area contributed by atoms with Gasteiger partial charge in [-0.1, -0.05) is 0 Å². The molecule has 20 heavy (non-hydrogen) atoms. The molecule has 1 nitrogen and oxygen atoms in total. The molecule has 0 aromatic carbocycles. The molecule has 0 radical (unpaired) electrons. The van der Waals surface area contributed by atoms with E-state index in [1.807, 2.05) is 6.92 Å². The second kappa shape index (κ2) is 15.8. The van der Waals surface area contributed by atoms with Crippen molar-refractivity contribution in [1.29, 1.82) is 0 Å². The zero-order valence-corrected chi connectivity index (χ0v) is 17.2. The van der Waals surface area contributed by atoms with Crippen molar-refractivity contribution in [2.75, 3.05) is 0 Å². The summed E-state index contributed by atoms with van der Waals surface area (Å²) in [6, 6.07) is 0. The molecule has 0 spiro atoms. The average molecular weight is 388 g/mol. The van der Waals surface area contributed by atoms with Crippen LogP contribution in [0.15, 0.2) is 0 Å². The van der Waals surface area contributed by atoms with E-state index in [1.165, 1.54) is 85.9 Å². The van der Waals surface area contributed by atoms with Gasteiger partial charge >= 0.3 is 135 Å². The number of hydrogen-bond acceptors (Lipinski definition) is 1. The number of carbonyl (C=O) groups excluding carboxylic acids is 1. The molecule has 118 valence electrons. The molecule has 2 heteroatoms. The van der Waals surface area contributed by atoms with Crippen molar-refractivity contribution < 1.29 is 4.79 Å². The van der Waals surface area contributed by atoms with E-state index < -0.39 is 19.8 Å².